The summed E-state index contributed by atoms with van der Waals surface area (Å²) in [4.78, 5) is 6.05. The first-order valence-electron chi connectivity index (χ1n) is 7.84. The molecular weight excluding hydrogens is 270 g/mol. The first-order chi connectivity index (χ1) is 9.85. The fourth-order valence-electron chi connectivity index (χ4n) is 2.44. The van der Waals surface area contributed by atoms with E-state index in [1.54, 1.807) is 0 Å². The second-order valence-electron chi connectivity index (χ2n) is 6.38. The number of aliphatic hydroxyl groups is 3. The first-order valence-corrected chi connectivity index (χ1v) is 7.84. The predicted molar refractivity (Wildman–Crippen MR) is 86.5 cm³/mol. The zero-order valence-electron chi connectivity index (χ0n) is 14.2. The van der Waals surface area contributed by atoms with Crippen LogP contribution >= 0.6 is 0 Å². The van der Waals surface area contributed by atoms with E-state index in [0.717, 1.165) is 25.8 Å². The van der Waals surface area contributed by atoms with E-state index >= 15 is 0 Å². The molecule has 0 saturated carbocycles. The molecule has 6 nitrogen and oxygen atoms in total. The summed E-state index contributed by atoms with van der Waals surface area (Å²) in [7, 11) is 7.76. The molecule has 0 aromatic rings. The summed E-state index contributed by atoms with van der Waals surface area (Å²) in [5.41, 5.74) is 0. The second kappa shape index (κ2) is 12.3. The van der Waals surface area contributed by atoms with E-state index in [2.05, 4.69) is 4.90 Å². The molecule has 0 heterocycles. The first kappa shape index (κ1) is 20.8. The molecule has 6 heteroatoms. The van der Waals surface area contributed by atoms with Crippen molar-refractivity contribution in [3.05, 3.63) is 0 Å². The Labute approximate surface area is 130 Å². The Hall–Kier alpha value is -0.240. The maximum absolute atomic E-state index is 10.1. The van der Waals surface area contributed by atoms with Gasteiger partial charge in [-0.25, -0.2) is 0 Å². The summed E-state index contributed by atoms with van der Waals surface area (Å²) in [6.45, 7) is 3.46. The van der Waals surface area contributed by atoms with Gasteiger partial charge < -0.3 is 25.1 Å². The van der Waals surface area contributed by atoms with Gasteiger partial charge in [-0.05, 0) is 54.0 Å². The van der Waals surface area contributed by atoms with E-state index in [0.29, 0.717) is 26.2 Å². The summed E-state index contributed by atoms with van der Waals surface area (Å²) >= 11 is 0. The molecule has 2 atom stereocenters. The highest BCUT2D eigenvalue weighted by Crippen LogP contribution is 2.03. The van der Waals surface area contributed by atoms with E-state index in [-0.39, 0.29) is 6.61 Å². The molecule has 0 amide bonds. The Morgan fingerprint density at radius 3 is 1.57 bits per heavy atom. The minimum absolute atomic E-state index is 0.229. The lowest BCUT2D eigenvalue weighted by Crippen LogP contribution is -2.44. The van der Waals surface area contributed by atoms with Gasteiger partial charge in [-0.3, -0.25) is 4.90 Å². The van der Waals surface area contributed by atoms with Crippen molar-refractivity contribution in [1.29, 1.82) is 0 Å². The van der Waals surface area contributed by atoms with E-state index in [9.17, 15) is 10.2 Å². The van der Waals surface area contributed by atoms with Crippen molar-refractivity contribution >= 4 is 0 Å². The number of likely N-dealkylation sites (N-methyl/N-ethyl adjacent to an activating group) is 2. The Kier molecular flexibility index (Phi) is 12.2. The van der Waals surface area contributed by atoms with Gasteiger partial charge in [0.25, 0.3) is 0 Å². The van der Waals surface area contributed by atoms with Gasteiger partial charge in [0, 0.05) is 32.8 Å². The monoisotopic (exact) mass is 305 g/mol. The Morgan fingerprint density at radius 1 is 0.714 bits per heavy atom. The number of aliphatic hydroxyl groups excluding tert-OH is 3. The van der Waals surface area contributed by atoms with Gasteiger partial charge in [0.1, 0.15) is 0 Å². The topological polar surface area (TPSA) is 70.4 Å². The molecule has 0 radical (unpaired) electrons. The molecule has 0 aliphatic rings. The summed E-state index contributed by atoms with van der Waals surface area (Å²) < 4.78 is 0. The molecule has 3 N–H and O–H groups in total. The van der Waals surface area contributed by atoms with Crippen LogP contribution < -0.4 is 0 Å². The van der Waals surface area contributed by atoms with Gasteiger partial charge in [-0.15, -0.1) is 0 Å². The van der Waals surface area contributed by atoms with Crippen LogP contribution in [0.3, 0.4) is 0 Å². The fourth-order valence-corrected chi connectivity index (χ4v) is 2.44. The van der Waals surface area contributed by atoms with Gasteiger partial charge in [0.2, 0.25) is 0 Å². The largest absolute Gasteiger partial charge is 0.396 e. The molecule has 0 aliphatic carbocycles. The van der Waals surface area contributed by atoms with E-state index in [1.165, 1.54) is 0 Å². The van der Waals surface area contributed by atoms with Gasteiger partial charge >= 0.3 is 0 Å². The van der Waals surface area contributed by atoms with Crippen LogP contribution in [0.4, 0.5) is 0 Å². The van der Waals surface area contributed by atoms with Gasteiger partial charge in [-0.1, -0.05) is 0 Å². The Balaban J connectivity index is 4.25. The van der Waals surface area contributed by atoms with Crippen molar-refractivity contribution in [2.75, 3.05) is 67.5 Å². The zero-order valence-corrected chi connectivity index (χ0v) is 14.2. The maximum atomic E-state index is 10.1. The average Bonchev–Trinajstić information content (AvgIpc) is 2.32. The van der Waals surface area contributed by atoms with Gasteiger partial charge in [0.15, 0.2) is 0 Å². The lowest BCUT2D eigenvalue weighted by molar-refractivity contribution is 0.0482. The van der Waals surface area contributed by atoms with Crippen molar-refractivity contribution in [2.45, 2.75) is 31.5 Å². The van der Waals surface area contributed by atoms with Crippen LogP contribution in [-0.4, -0.2) is 110 Å². The smallest absolute Gasteiger partial charge is 0.0793 e. The van der Waals surface area contributed by atoms with Crippen LogP contribution in [0.5, 0.6) is 0 Å². The highest BCUT2D eigenvalue weighted by molar-refractivity contribution is 4.71. The lowest BCUT2D eigenvalue weighted by atomic mass is 10.2. The van der Waals surface area contributed by atoms with E-state index < -0.39 is 12.2 Å². The van der Waals surface area contributed by atoms with Crippen molar-refractivity contribution < 1.29 is 15.3 Å². The minimum atomic E-state index is -0.413. The highest BCUT2D eigenvalue weighted by atomic mass is 16.3. The van der Waals surface area contributed by atoms with Crippen molar-refractivity contribution in [3.8, 4) is 0 Å². The SMILES string of the molecule is CN(C)CC(O)CN(CCCCCO)CC(O)CN(C)C. The third-order valence-corrected chi connectivity index (χ3v) is 3.22. The maximum Gasteiger partial charge on any atom is 0.0793 e. The molecule has 0 rings (SSSR count). The average molecular weight is 305 g/mol. The highest BCUT2D eigenvalue weighted by Gasteiger charge is 2.16. The van der Waals surface area contributed by atoms with Gasteiger partial charge in [0.05, 0.1) is 12.2 Å². The number of hydrogen-bond acceptors (Lipinski definition) is 6. The number of nitrogens with zero attached hydrogens (tertiary/aromatic N) is 3. The molecule has 0 spiro atoms. The predicted octanol–water partition coefficient (Wildman–Crippen LogP) is -0.704. The van der Waals surface area contributed by atoms with Crippen LogP contribution in [0.2, 0.25) is 0 Å². The molecule has 2 unspecified atom stereocenters. The summed E-state index contributed by atoms with van der Waals surface area (Å²) in [5.74, 6) is 0. The molecule has 0 aromatic heterocycles. The summed E-state index contributed by atoms with van der Waals surface area (Å²) in [6.07, 6.45) is 1.94. The molecular formula is C15H35N3O3. The molecule has 0 bridgehead atoms. The number of hydrogen-bond donors (Lipinski definition) is 3. The lowest BCUT2D eigenvalue weighted by Gasteiger charge is -2.29. The van der Waals surface area contributed by atoms with Crippen LogP contribution in [0.15, 0.2) is 0 Å². The third kappa shape index (κ3) is 13.2. The normalized spacial score (nSPS) is 15.1. The van der Waals surface area contributed by atoms with E-state index in [1.807, 2.05) is 38.0 Å². The Bertz CT molecular complexity index is 222. The molecule has 128 valence electrons. The molecule has 21 heavy (non-hydrogen) atoms. The van der Waals surface area contributed by atoms with Crippen molar-refractivity contribution in [3.63, 3.8) is 0 Å². The molecule has 0 aliphatic heterocycles. The third-order valence-electron chi connectivity index (χ3n) is 3.22. The van der Waals surface area contributed by atoms with Crippen molar-refractivity contribution in [2.24, 2.45) is 0 Å². The van der Waals surface area contributed by atoms with Crippen molar-refractivity contribution in [1.82, 2.24) is 14.7 Å². The molecule has 0 fully saturated rings. The number of rotatable bonds is 13. The number of unbranched alkanes of at least 4 members (excludes halogenated alkanes) is 2. The summed E-state index contributed by atoms with van der Waals surface area (Å²) in [5, 5.41) is 29.0. The zero-order chi connectivity index (χ0) is 16.3. The molecule has 0 aromatic carbocycles. The van der Waals surface area contributed by atoms with Crippen LogP contribution in [0.1, 0.15) is 19.3 Å². The van der Waals surface area contributed by atoms with Crippen LogP contribution in [-0.2, 0) is 0 Å². The quantitative estimate of drug-likeness (QED) is 0.391. The van der Waals surface area contributed by atoms with Crippen LogP contribution in [0, 0.1) is 0 Å². The molecule has 0 saturated heterocycles. The van der Waals surface area contributed by atoms with Crippen LogP contribution in [0.25, 0.3) is 0 Å². The minimum Gasteiger partial charge on any atom is -0.396 e. The second-order valence-corrected chi connectivity index (χ2v) is 6.38. The Morgan fingerprint density at radius 2 is 1.19 bits per heavy atom. The van der Waals surface area contributed by atoms with Gasteiger partial charge in [-0.2, -0.15) is 0 Å². The van der Waals surface area contributed by atoms with E-state index in [4.69, 9.17) is 5.11 Å². The standard InChI is InChI=1S/C15H35N3O3/c1-16(2)10-14(20)12-18(8-6-5-7-9-19)13-15(21)11-17(3)4/h14-15,19-21H,5-13H2,1-4H3. The fraction of sp³-hybridized carbons (Fsp3) is 1.00. The summed E-state index contributed by atoms with van der Waals surface area (Å²) in [6, 6.07) is 0.